The van der Waals surface area contributed by atoms with Gasteiger partial charge in [0.1, 0.15) is 0 Å². The fourth-order valence-corrected chi connectivity index (χ4v) is 0.770. The van der Waals surface area contributed by atoms with Crippen molar-refractivity contribution in [2.75, 3.05) is 6.61 Å². The van der Waals surface area contributed by atoms with Crippen LogP contribution in [0.1, 0.15) is 47.0 Å². The maximum Gasteiger partial charge on any atom is 0.162 e. The minimum Gasteiger partial charge on any atom is -0.390 e. The van der Waals surface area contributed by atoms with Crippen molar-refractivity contribution in [1.29, 1.82) is 0 Å². The maximum absolute atomic E-state index is 9.63. The van der Waals surface area contributed by atoms with Crippen molar-refractivity contribution in [2.24, 2.45) is 0 Å². The molecule has 0 spiro atoms. The molecule has 0 rings (SSSR count). The van der Waals surface area contributed by atoms with Crippen molar-refractivity contribution in [3.8, 4) is 0 Å². The summed E-state index contributed by atoms with van der Waals surface area (Å²) in [5.41, 5.74) is -0.677. The molecule has 13 heavy (non-hydrogen) atoms. The first-order valence-electron chi connectivity index (χ1n) is 4.91. The zero-order chi connectivity index (χ0) is 10.5. The van der Waals surface area contributed by atoms with Crippen LogP contribution in [0.2, 0.25) is 0 Å². The Morgan fingerprint density at radius 3 is 2.00 bits per heavy atom. The fraction of sp³-hybridized carbons (Fsp3) is 1.00. The van der Waals surface area contributed by atoms with Gasteiger partial charge in [-0.2, -0.15) is 0 Å². The quantitative estimate of drug-likeness (QED) is 0.626. The van der Waals surface area contributed by atoms with Crippen LogP contribution in [0, 0.1) is 0 Å². The molecule has 0 saturated heterocycles. The first-order chi connectivity index (χ1) is 5.83. The summed E-state index contributed by atoms with van der Waals surface area (Å²) >= 11 is 0. The Labute approximate surface area is 80.7 Å². The van der Waals surface area contributed by atoms with Crippen molar-refractivity contribution in [1.82, 2.24) is 0 Å². The smallest absolute Gasteiger partial charge is 0.162 e. The SMILES string of the molecule is CCC(C)(O)CCOC(C)(O)CC. The lowest BCUT2D eigenvalue weighted by Crippen LogP contribution is -2.31. The Balaban J connectivity index is 3.68. The fourth-order valence-electron chi connectivity index (χ4n) is 0.770. The van der Waals surface area contributed by atoms with Crippen molar-refractivity contribution >= 4 is 0 Å². The molecule has 0 amide bonds. The number of rotatable bonds is 6. The van der Waals surface area contributed by atoms with Crippen molar-refractivity contribution in [3.63, 3.8) is 0 Å². The lowest BCUT2D eigenvalue weighted by Gasteiger charge is -2.26. The Morgan fingerprint density at radius 1 is 1.08 bits per heavy atom. The van der Waals surface area contributed by atoms with E-state index in [1.165, 1.54) is 0 Å². The molecule has 3 nitrogen and oxygen atoms in total. The third-order valence-electron chi connectivity index (χ3n) is 2.47. The molecule has 2 atom stereocenters. The summed E-state index contributed by atoms with van der Waals surface area (Å²) in [6.07, 6.45) is 1.81. The number of ether oxygens (including phenoxy) is 1. The number of aliphatic hydroxyl groups is 2. The molecule has 80 valence electrons. The monoisotopic (exact) mass is 190 g/mol. The second-order valence-electron chi connectivity index (χ2n) is 3.98. The van der Waals surface area contributed by atoms with Crippen molar-refractivity contribution < 1.29 is 14.9 Å². The van der Waals surface area contributed by atoms with E-state index < -0.39 is 11.4 Å². The van der Waals surface area contributed by atoms with Crippen LogP contribution in [0.15, 0.2) is 0 Å². The highest BCUT2D eigenvalue weighted by Crippen LogP contribution is 2.16. The summed E-state index contributed by atoms with van der Waals surface area (Å²) in [6, 6.07) is 0. The highest BCUT2D eigenvalue weighted by molar-refractivity contribution is 4.70. The summed E-state index contributed by atoms with van der Waals surface area (Å²) in [6.45, 7) is 7.59. The van der Waals surface area contributed by atoms with E-state index in [4.69, 9.17) is 4.74 Å². The molecule has 2 unspecified atom stereocenters. The number of hydrogen-bond acceptors (Lipinski definition) is 3. The molecule has 0 saturated carbocycles. The molecule has 0 aliphatic carbocycles. The number of hydrogen-bond donors (Lipinski definition) is 2. The Hall–Kier alpha value is -0.120. The molecule has 0 aromatic rings. The average Bonchev–Trinajstić information content (AvgIpc) is 2.04. The van der Waals surface area contributed by atoms with Crippen molar-refractivity contribution in [2.45, 2.75) is 58.3 Å². The van der Waals surface area contributed by atoms with E-state index in [2.05, 4.69) is 0 Å². The van der Waals surface area contributed by atoms with Crippen LogP contribution in [0.4, 0.5) is 0 Å². The molecule has 0 radical (unpaired) electrons. The molecule has 0 fully saturated rings. The van der Waals surface area contributed by atoms with Gasteiger partial charge < -0.3 is 14.9 Å². The largest absolute Gasteiger partial charge is 0.390 e. The van der Waals surface area contributed by atoms with Gasteiger partial charge in [0.15, 0.2) is 5.79 Å². The summed E-state index contributed by atoms with van der Waals surface area (Å²) in [7, 11) is 0. The normalized spacial score (nSPS) is 20.8. The van der Waals surface area contributed by atoms with E-state index in [0.29, 0.717) is 25.9 Å². The van der Waals surface area contributed by atoms with E-state index in [1.54, 1.807) is 13.8 Å². The Bertz CT molecular complexity index is 125. The van der Waals surface area contributed by atoms with Crippen LogP contribution in [0.3, 0.4) is 0 Å². The van der Waals surface area contributed by atoms with E-state index in [1.807, 2.05) is 13.8 Å². The molecule has 0 aliphatic heterocycles. The van der Waals surface area contributed by atoms with Crippen LogP contribution in [-0.2, 0) is 4.74 Å². The molecular formula is C10H22O3. The molecular weight excluding hydrogens is 168 g/mol. The van der Waals surface area contributed by atoms with Gasteiger partial charge in [-0.1, -0.05) is 13.8 Å². The van der Waals surface area contributed by atoms with Crippen LogP contribution in [0.5, 0.6) is 0 Å². The molecule has 3 heteroatoms. The van der Waals surface area contributed by atoms with Gasteiger partial charge in [-0.3, -0.25) is 0 Å². The Kier molecular flexibility index (Phi) is 4.89. The summed E-state index contributed by atoms with van der Waals surface area (Å²) in [4.78, 5) is 0. The van der Waals surface area contributed by atoms with Gasteiger partial charge in [0, 0.05) is 0 Å². The topological polar surface area (TPSA) is 49.7 Å². The summed E-state index contributed by atoms with van der Waals surface area (Å²) in [5.74, 6) is -1.05. The van der Waals surface area contributed by atoms with Gasteiger partial charge in [0.25, 0.3) is 0 Å². The standard InChI is InChI=1S/C10H22O3/c1-5-9(3,11)7-8-13-10(4,12)6-2/h11-12H,5-8H2,1-4H3. The molecule has 0 aromatic carbocycles. The summed E-state index contributed by atoms with van der Waals surface area (Å²) in [5, 5.41) is 19.1. The first-order valence-corrected chi connectivity index (χ1v) is 4.91. The molecule has 0 aromatic heterocycles. The van der Waals surface area contributed by atoms with Crippen LogP contribution in [-0.4, -0.2) is 28.2 Å². The van der Waals surface area contributed by atoms with Gasteiger partial charge in [-0.05, 0) is 33.1 Å². The van der Waals surface area contributed by atoms with E-state index >= 15 is 0 Å². The van der Waals surface area contributed by atoms with Gasteiger partial charge in [-0.25, -0.2) is 0 Å². The van der Waals surface area contributed by atoms with E-state index in [-0.39, 0.29) is 0 Å². The predicted octanol–water partition coefficient (Wildman–Crippen LogP) is 1.67. The van der Waals surface area contributed by atoms with Crippen LogP contribution >= 0.6 is 0 Å². The maximum atomic E-state index is 9.63. The Morgan fingerprint density at radius 2 is 1.62 bits per heavy atom. The summed E-state index contributed by atoms with van der Waals surface area (Å²) < 4.78 is 5.21. The first kappa shape index (κ1) is 12.9. The zero-order valence-corrected chi connectivity index (χ0v) is 9.13. The minimum atomic E-state index is -1.05. The van der Waals surface area contributed by atoms with Crippen LogP contribution < -0.4 is 0 Å². The van der Waals surface area contributed by atoms with Crippen LogP contribution in [0.25, 0.3) is 0 Å². The van der Waals surface area contributed by atoms with Gasteiger partial charge in [0.05, 0.1) is 12.2 Å². The zero-order valence-electron chi connectivity index (χ0n) is 9.13. The van der Waals surface area contributed by atoms with Gasteiger partial charge in [0.2, 0.25) is 0 Å². The molecule has 0 aliphatic rings. The molecule has 0 heterocycles. The molecule has 0 bridgehead atoms. The third-order valence-corrected chi connectivity index (χ3v) is 2.47. The van der Waals surface area contributed by atoms with E-state index in [0.717, 1.165) is 0 Å². The lowest BCUT2D eigenvalue weighted by atomic mass is 10.0. The van der Waals surface area contributed by atoms with Crippen molar-refractivity contribution in [3.05, 3.63) is 0 Å². The minimum absolute atomic E-state index is 0.391. The van der Waals surface area contributed by atoms with E-state index in [9.17, 15) is 10.2 Å². The average molecular weight is 190 g/mol. The second kappa shape index (κ2) is 4.94. The highest BCUT2D eigenvalue weighted by atomic mass is 16.6. The highest BCUT2D eigenvalue weighted by Gasteiger charge is 2.21. The lowest BCUT2D eigenvalue weighted by molar-refractivity contribution is -0.197. The van der Waals surface area contributed by atoms with Gasteiger partial charge in [-0.15, -0.1) is 0 Å². The third kappa shape index (κ3) is 6.02. The second-order valence-corrected chi connectivity index (χ2v) is 3.98. The predicted molar refractivity (Wildman–Crippen MR) is 52.4 cm³/mol. The van der Waals surface area contributed by atoms with Gasteiger partial charge >= 0.3 is 0 Å². The molecule has 2 N–H and O–H groups in total.